The molecule has 20 heavy (non-hydrogen) atoms. The van der Waals surface area contributed by atoms with Gasteiger partial charge in [0.05, 0.1) is 11.0 Å². The Kier molecular flexibility index (Phi) is 2.32. The van der Waals surface area contributed by atoms with E-state index < -0.39 is 0 Å². The first-order valence-corrected chi connectivity index (χ1v) is 6.52. The van der Waals surface area contributed by atoms with Crippen molar-refractivity contribution in [2.45, 2.75) is 12.8 Å². The summed E-state index contributed by atoms with van der Waals surface area (Å²) in [5.74, 6) is 0.887. The van der Waals surface area contributed by atoms with Gasteiger partial charge in [-0.15, -0.1) is 0 Å². The highest BCUT2D eigenvalue weighted by atomic mass is 16.1. The molecule has 3 heterocycles. The molecular weight excluding hydrogens is 252 g/mol. The standard InChI is InChI=1S/C15H12N4O/c20-14-2-1-10-7-12-13(8-11(10)17-14)19-15(18-12)9-3-5-16-6-4-9/h3-8H,1-2H2,(H,17,20)(H,18,19). The zero-order valence-electron chi connectivity index (χ0n) is 10.7. The van der Waals surface area contributed by atoms with Gasteiger partial charge in [-0.2, -0.15) is 0 Å². The highest BCUT2D eigenvalue weighted by Crippen LogP contribution is 2.28. The molecule has 98 valence electrons. The molecule has 1 aliphatic rings. The fourth-order valence-electron chi connectivity index (χ4n) is 2.53. The number of anilines is 1. The van der Waals surface area contributed by atoms with Gasteiger partial charge in [0.25, 0.3) is 0 Å². The molecule has 0 spiro atoms. The number of imidazole rings is 1. The summed E-state index contributed by atoms with van der Waals surface area (Å²) in [6, 6.07) is 7.84. The molecule has 0 atom stereocenters. The fourth-order valence-corrected chi connectivity index (χ4v) is 2.53. The number of carbonyl (C=O) groups excluding carboxylic acids is 1. The van der Waals surface area contributed by atoms with Gasteiger partial charge in [0.1, 0.15) is 5.82 Å². The molecule has 0 unspecified atom stereocenters. The smallest absolute Gasteiger partial charge is 0.224 e. The van der Waals surface area contributed by atoms with Gasteiger partial charge < -0.3 is 10.3 Å². The number of hydrogen-bond acceptors (Lipinski definition) is 3. The van der Waals surface area contributed by atoms with Gasteiger partial charge in [0, 0.05) is 30.1 Å². The molecule has 0 saturated heterocycles. The molecule has 0 radical (unpaired) electrons. The predicted octanol–water partition coefficient (Wildman–Crippen LogP) is 2.51. The first-order valence-electron chi connectivity index (χ1n) is 6.52. The molecular formula is C15H12N4O. The van der Waals surface area contributed by atoms with E-state index in [2.05, 4.69) is 26.3 Å². The van der Waals surface area contributed by atoms with E-state index in [1.54, 1.807) is 12.4 Å². The lowest BCUT2D eigenvalue weighted by Crippen LogP contribution is -2.18. The van der Waals surface area contributed by atoms with Crippen molar-refractivity contribution in [3.8, 4) is 11.4 Å². The monoisotopic (exact) mass is 264 g/mol. The average Bonchev–Trinajstić information content (AvgIpc) is 2.88. The molecule has 3 aromatic rings. The quantitative estimate of drug-likeness (QED) is 0.709. The van der Waals surface area contributed by atoms with Gasteiger partial charge in [0.2, 0.25) is 5.91 Å². The lowest BCUT2D eigenvalue weighted by molar-refractivity contribution is -0.116. The Labute approximate surface area is 115 Å². The number of carbonyl (C=O) groups is 1. The van der Waals surface area contributed by atoms with E-state index in [1.165, 1.54) is 0 Å². The second-order valence-corrected chi connectivity index (χ2v) is 4.90. The molecule has 2 N–H and O–H groups in total. The largest absolute Gasteiger partial charge is 0.338 e. The summed E-state index contributed by atoms with van der Waals surface area (Å²) in [5, 5.41) is 2.90. The number of benzene rings is 1. The zero-order chi connectivity index (χ0) is 13.5. The second kappa shape index (κ2) is 4.16. The Morgan fingerprint density at radius 3 is 2.80 bits per heavy atom. The molecule has 0 saturated carbocycles. The minimum Gasteiger partial charge on any atom is -0.338 e. The van der Waals surface area contributed by atoms with E-state index in [-0.39, 0.29) is 5.91 Å². The molecule has 1 aliphatic heterocycles. The van der Waals surface area contributed by atoms with Crippen molar-refractivity contribution in [3.63, 3.8) is 0 Å². The molecule has 5 heteroatoms. The van der Waals surface area contributed by atoms with Crippen LogP contribution in [0, 0.1) is 0 Å². The third-order valence-electron chi connectivity index (χ3n) is 3.56. The lowest BCUT2D eigenvalue weighted by atomic mass is 10.0. The normalized spacial score (nSPS) is 14.1. The summed E-state index contributed by atoms with van der Waals surface area (Å²) in [5.41, 5.74) is 4.88. The highest BCUT2D eigenvalue weighted by Gasteiger charge is 2.16. The maximum absolute atomic E-state index is 11.4. The van der Waals surface area contributed by atoms with Crippen molar-refractivity contribution < 1.29 is 4.79 Å². The minimum absolute atomic E-state index is 0.0711. The Hall–Kier alpha value is -2.69. The summed E-state index contributed by atoms with van der Waals surface area (Å²) in [6.07, 6.45) is 4.81. The molecule has 1 aromatic carbocycles. The maximum Gasteiger partial charge on any atom is 0.224 e. The van der Waals surface area contributed by atoms with Gasteiger partial charge >= 0.3 is 0 Å². The van der Waals surface area contributed by atoms with Gasteiger partial charge in [-0.1, -0.05) is 0 Å². The van der Waals surface area contributed by atoms with Crippen LogP contribution < -0.4 is 5.32 Å². The van der Waals surface area contributed by atoms with E-state index in [4.69, 9.17) is 0 Å². The van der Waals surface area contributed by atoms with Gasteiger partial charge in [-0.25, -0.2) is 4.98 Å². The Morgan fingerprint density at radius 2 is 1.95 bits per heavy atom. The Balaban J connectivity index is 1.86. The number of nitrogens with one attached hydrogen (secondary N) is 2. The fraction of sp³-hybridized carbons (Fsp3) is 0.133. The van der Waals surface area contributed by atoms with Crippen LogP contribution in [0.5, 0.6) is 0 Å². The molecule has 5 nitrogen and oxygen atoms in total. The van der Waals surface area contributed by atoms with Crippen molar-refractivity contribution >= 4 is 22.6 Å². The van der Waals surface area contributed by atoms with Crippen molar-refractivity contribution in [3.05, 3.63) is 42.2 Å². The topological polar surface area (TPSA) is 70.7 Å². The van der Waals surface area contributed by atoms with Crippen molar-refractivity contribution in [1.29, 1.82) is 0 Å². The molecule has 0 bridgehead atoms. The lowest BCUT2D eigenvalue weighted by Gasteiger charge is -2.16. The van der Waals surface area contributed by atoms with Crippen LogP contribution in [0.2, 0.25) is 0 Å². The first kappa shape index (κ1) is 11.2. The summed E-state index contributed by atoms with van der Waals surface area (Å²) < 4.78 is 0. The molecule has 1 amide bonds. The van der Waals surface area contributed by atoms with Crippen molar-refractivity contribution in [2.24, 2.45) is 0 Å². The van der Waals surface area contributed by atoms with Crippen LogP contribution in [0.3, 0.4) is 0 Å². The third-order valence-corrected chi connectivity index (χ3v) is 3.56. The third kappa shape index (κ3) is 1.75. The molecule has 0 fully saturated rings. The number of aromatic nitrogens is 3. The predicted molar refractivity (Wildman–Crippen MR) is 76.3 cm³/mol. The van der Waals surface area contributed by atoms with Crippen molar-refractivity contribution in [1.82, 2.24) is 15.0 Å². The average molecular weight is 264 g/mol. The summed E-state index contributed by atoms with van der Waals surface area (Å²) in [7, 11) is 0. The maximum atomic E-state index is 11.4. The highest BCUT2D eigenvalue weighted by molar-refractivity contribution is 5.97. The summed E-state index contributed by atoms with van der Waals surface area (Å²) in [4.78, 5) is 23.4. The Morgan fingerprint density at radius 1 is 1.10 bits per heavy atom. The second-order valence-electron chi connectivity index (χ2n) is 4.90. The van der Waals surface area contributed by atoms with E-state index in [1.807, 2.05) is 18.2 Å². The number of amides is 1. The van der Waals surface area contributed by atoms with Crippen LogP contribution in [0.1, 0.15) is 12.0 Å². The van der Waals surface area contributed by atoms with Gasteiger partial charge in [-0.05, 0) is 36.2 Å². The van der Waals surface area contributed by atoms with Crippen LogP contribution in [0.15, 0.2) is 36.7 Å². The number of aromatic amines is 1. The van der Waals surface area contributed by atoms with E-state index >= 15 is 0 Å². The van der Waals surface area contributed by atoms with Crippen LogP contribution in [-0.2, 0) is 11.2 Å². The van der Waals surface area contributed by atoms with Crippen LogP contribution in [-0.4, -0.2) is 20.9 Å². The Bertz CT molecular complexity index is 807. The number of pyridine rings is 1. The minimum atomic E-state index is 0.0711. The molecule has 4 rings (SSSR count). The number of H-pyrrole nitrogens is 1. The number of aryl methyl sites for hydroxylation is 1. The van der Waals surface area contributed by atoms with Crippen molar-refractivity contribution in [2.75, 3.05) is 5.32 Å². The molecule has 2 aromatic heterocycles. The van der Waals surface area contributed by atoms with Gasteiger partial charge in [-0.3, -0.25) is 9.78 Å². The number of rotatable bonds is 1. The SMILES string of the molecule is O=C1CCc2cc3[nH]c(-c4ccncc4)nc3cc2N1. The first-order chi connectivity index (χ1) is 9.79. The van der Waals surface area contributed by atoms with Crippen LogP contribution >= 0.6 is 0 Å². The number of fused-ring (bicyclic) bond motifs is 2. The summed E-state index contributed by atoms with van der Waals surface area (Å²) in [6.45, 7) is 0. The van der Waals surface area contributed by atoms with Crippen LogP contribution in [0.4, 0.5) is 5.69 Å². The molecule has 0 aliphatic carbocycles. The van der Waals surface area contributed by atoms with E-state index in [9.17, 15) is 4.79 Å². The van der Waals surface area contributed by atoms with Gasteiger partial charge in [0.15, 0.2) is 0 Å². The zero-order valence-corrected chi connectivity index (χ0v) is 10.7. The number of hydrogen-bond donors (Lipinski definition) is 2. The summed E-state index contributed by atoms with van der Waals surface area (Å²) >= 11 is 0. The number of nitrogens with zero attached hydrogens (tertiary/aromatic N) is 2. The van der Waals surface area contributed by atoms with E-state index in [0.29, 0.717) is 6.42 Å². The van der Waals surface area contributed by atoms with E-state index in [0.717, 1.165) is 40.1 Å². The van der Waals surface area contributed by atoms with Crippen LogP contribution in [0.25, 0.3) is 22.4 Å².